The summed E-state index contributed by atoms with van der Waals surface area (Å²) in [5.41, 5.74) is 0. The Bertz CT molecular complexity index is 201. The lowest BCUT2D eigenvalue weighted by molar-refractivity contribution is 0.149. The van der Waals surface area contributed by atoms with E-state index in [1.807, 2.05) is 6.92 Å². The van der Waals surface area contributed by atoms with Crippen molar-refractivity contribution in [1.82, 2.24) is 15.5 Å². The van der Waals surface area contributed by atoms with Gasteiger partial charge in [-0.05, 0) is 6.92 Å². The average molecular weight is 185 g/mol. The Labute approximate surface area is 77.5 Å². The molecule has 0 aliphatic carbocycles. The van der Waals surface area contributed by atoms with Gasteiger partial charge in [-0.2, -0.15) is 4.98 Å². The molecular weight excluding hydrogens is 170 g/mol. The summed E-state index contributed by atoms with van der Waals surface area (Å²) in [4.78, 5) is 3.90. The zero-order valence-corrected chi connectivity index (χ0v) is 7.82. The molecule has 5 nitrogen and oxygen atoms in total. The van der Waals surface area contributed by atoms with Gasteiger partial charge in [-0.3, -0.25) is 0 Å². The van der Waals surface area contributed by atoms with Crippen molar-refractivity contribution in [1.29, 1.82) is 0 Å². The molecule has 0 amide bonds. The zero-order chi connectivity index (χ0) is 9.36. The molecule has 1 heterocycles. The lowest BCUT2D eigenvalue weighted by Gasteiger charge is -2.02. The molecule has 0 saturated heterocycles. The van der Waals surface area contributed by atoms with Gasteiger partial charge in [0.25, 0.3) is 0 Å². The monoisotopic (exact) mass is 185 g/mol. The van der Waals surface area contributed by atoms with Crippen LogP contribution in [-0.2, 0) is 11.2 Å². The molecule has 0 aliphatic heterocycles. The summed E-state index contributed by atoms with van der Waals surface area (Å²) in [7, 11) is 0. The molecule has 0 atom stereocenters. The molecule has 1 N–H and O–H groups in total. The molecule has 0 fully saturated rings. The minimum absolute atomic E-state index is 0.740. The molecular formula is C8H15N3O2. The van der Waals surface area contributed by atoms with Crippen molar-refractivity contribution in [3.05, 3.63) is 12.2 Å². The van der Waals surface area contributed by atoms with Gasteiger partial charge in [0.05, 0.1) is 6.61 Å². The molecule has 1 aromatic rings. The molecule has 0 spiro atoms. The van der Waals surface area contributed by atoms with Gasteiger partial charge in [-0.1, -0.05) is 5.16 Å². The number of ether oxygens (including phenoxy) is 1. The average Bonchev–Trinajstić information content (AvgIpc) is 2.63. The number of rotatable bonds is 7. The number of hydrogen-bond donors (Lipinski definition) is 1. The molecule has 0 saturated carbocycles. The Balaban J connectivity index is 1.90. The fourth-order valence-corrected chi connectivity index (χ4v) is 0.916. The molecule has 1 rings (SSSR count). The lowest BCUT2D eigenvalue weighted by atomic mass is 10.4. The van der Waals surface area contributed by atoms with Crippen molar-refractivity contribution < 1.29 is 9.26 Å². The SMILES string of the molecule is CCOCCNCCc1ncon1. The highest BCUT2D eigenvalue weighted by Crippen LogP contribution is 1.87. The molecule has 0 aliphatic rings. The van der Waals surface area contributed by atoms with Crippen LogP contribution in [0.5, 0.6) is 0 Å². The van der Waals surface area contributed by atoms with E-state index in [0.29, 0.717) is 0 Å². The van der Waals surface area contributed by atoms with E-state index in [-0.39, 0.29) is 0 Å². The molecule has 0 bridgehead atoms. The Hall–Kier alpha value is -0.940. The van der Waals surface area contributed by atoms with Crippen molar-refractivity contribution in [2.24, 2.45) is 0 Å². The van der Waals surface area contributed by atoms with Crippen LogP contribution in [0.1, 0.15) is 12.7 Å². The van der Waals surface area contributed by atoms with E-state index in [1.54, 1.807) is 0 Å². The lowest BCUT2D eigenvalue weighted by Crippen LogP contribution is -2.22. The van der Waals surface area contributed by atoms with Crippen LogP contribution in [0.15, 0.2) is 10.9 Å². The van der Waals surface area contributed by atoms with Crippen LogP contribution in [0.2, 0.25) is 0 Å². The smallest absolute Gasteiger partial charge is 0.213 e. The van der Waals surface area contributed by atoms with E-state index >= 15 is 0 Å². The van der Waals surface area contributed by atoms with Gasteiger partial charge in [-0.15, -0.1) is 0 Å². The van der Waals surface area contributed by atoms with Crippen LogP contribution in [-0.4, -0.2) is 36.4 Å². The van der Waals surface area contributed by atoms with Crippen LogP contribution in [0, 0.1) is 0 Å². The van der Waals surface area contributed by atoms with E-state index in [1.165, 1.54) is 6.39 Å². The van der Waals surface area contributed by atoms with E-state index < -0.39 is 0 Å². The van der Waals surface area contributed by atoms with E-state index in [4.69, 9.17) is 4.74 Å². The second kappa shape index (κ2) is 6.56. The molecule has 5 heteroatoms. The van der Waals surface area contributed by atoms with Gasteiger partial charge < -0.3 is 14.6 Å². The zero-order valence-electron chi connectivity index (χ0n) is 7.82. The van der Waals surface area contributed by atoms with Gasteiger partial charge in [0.1, 0.15) is 0 Å². The second-order valence-corrected chi connectivity index (χ2v) is 2.54. The maximum Gasteiger partial charge on any atom is 0.213 e. The van der Waals surface area contributed by atoms with Gasteiger partial charge >= 0.3 is 0 Å². The van der Waals surface area contributed by atoms with Crippen molar-refractivity contribution in [3.63, 3.8) is 0 Å². The first-order chi connectivity index (χ1) is 6.43. The molecule has 0 unspecified atom stereocenters. The number of nitrogens with one attached hydrogen (secondary N) is 1. The maximum atomic E-state index is 5.16. The third kappa shape index (κ3) is 4.59. The Kier molecular flexibility index (Phi) is 5.12. The summed E-state index contributed by atoms with van der Waals surface area (Å²) in [6.45, 7) is 5.23. The van der Waals surface area contributed by atoms with E-state index in [2.05, 4.69) is 20.0 Å². The van der Waals surface area contributed by atoms with Crippen molar-refractivity contribution >= 4 is 0 Å². The quantitative estimate of drug-likeness (QED) is 0.616. The normalized spacial score (nSPS) is 10.5. The minimum atomic E-state index is 0.740. The first kappa shape index (κ1) is 10.1. The van der Waals surface area contributed by atoms with Gasteiger partial charge in [-0.25, -0.2) is 0 Å². The van der Waals surface area contributed by atoms with Crippen LogP contribution in [0.4, 0.5) is 0 Å². The standard InChI is InChI=1S/C8H15N3O2/c1-2-12-6-5-9-4-3-8-10-7-13-11-8/h7,9H,2-6H2,1H3. The summed E-state index contributed by atoms with van der Waals surface area (Å²) in [6.07, 6.45) is 2.14. The Morgan fingerprint density at radius 1 is 1.54 bits per heavy atom. The summed E-state index contributed by atoms with van der Waals surface area (Å²) < 4.78 is 9.76. The summed E-state index contributed by atoms with van der Waals surface area (Å²) in [6, 6.07) is 0. The third-order valence-electron chi connectivity index (χ3n) is 1.56. The molecule has 13 heavy (non-hydrogen) atoms. The van der Waals surface area contributed by atoms with Gasteiger partial charge in [0, 0.05) is 26.1 Å². The number of hydrogen-bond acceptors (Lipinski definition) is 5. The first-order valence-electron chi connectivity index (χ1n) is 4.47. The van der Waals surface area contributed by atoms with Crippen LogP contribution in [0.25, 0.3) is 0 Å². The van der Waals surface area contributed by atoms with Gasteiger partial charge in [0.15, 0.2) is 5.82 Å². The predicted molar refractivity (Wildman–Crippen MR) is 47.4 cm³/mol. The third-order valence-corrected chi connectivity index (χ3v) is 1.56. The fourth-order valence-electron chi connectivity index (χ4n) is 0.916. The Morgan fingerprint density at radius 2 is 2.46 bits per heavy atom. The Morgan fingerprint density at radius 3 is 3.15 bits per heavy atom. The highest BCUT2D eigenvalue weighted by atomic mass is 16.5. The topological polar surface area (TPSA) is 60.2 Å². The van der Waals surface area contributed by atoms with Crippen LogP contribution < -0.4 is 5.32 Å². The summed E-state index contributed by atoms with van der Waals surface area (Å²) >= 11 is 0. The number of nitrogens with zero attached hydrogens (tertiary/aromatic N) is 2. The molecule has 1 aromatic heterocycles. The maximum absolute atomic E-state index is 5.16. The fraction of sp³-hybridized carbons (Fsp3) is 0.750. The van der Waals surface area contributed by atoms with Crippen molar-refractivity contribution in [2.45, 2.75) is 13.3 Å². The summed E-state index contributed by atoms with van der Waals surface area (Å²) in [5.74, 6) is 0.740. The largest absolute Gasteiger partial charge is 0.380 e. The molecule has 74 valence electrons. The second-order valence-electron chi connectivity index (χ2n) is 2.54. The predicted octanol–water partition coefficient (Wildman–Crippen LogP) is 0.238. The highest BCUT2D eigenvalue weighted by Gasteiger charge is 1.96. The molecule has 0 aromatic carbocycles. The van der Waals surface area contributed by atoms with E-state index in [0.717, 1.165) is 38.5 Å². The minimum Gasteiger partial charge on any atom is -0.380 e. The van der Waals surface area contributed by atoms with E-state index in [9.17, 15) is 0 Å². The summed E-state index contributed by atoms with van der Waals surface area (Å²) in [5, 5.41) is 6.90. The first-order valence-corrected chi connectivity index (χ1v) is 4.47. The molecule has 0 radical (unpaired) electrons. The number of aromatic nitrogens is 2. The van der Waals surface area contributed by atoms with Crippen LogP contribution >= 0.6 is 0 Å². The van der Waals surface area contributed by atoms with Crippen LogP contribution in [0.3, 0.4) is 0 Å². The van der Waals surface area contributed by atoms with Gasteiger partial charge in [0.2, 0.25) is 6.39 Å². The van der Waals surface area contributed by atoms with Crippen molar-refractivity contribution in [2.75, 3.05) is 26.3 Å². The van der Waals surface area contributed by atoms with Crippen molar-refractivity contribution in [3.8, 4) is 0 Å². The highest BCUT2D eigenvalue weighted by molar-refractivity contribution is 4.78.